The van der Waals surface area contributed by atoms with E-state index in [0.717, 1.165) is 56.7 Å². The molecule has 2 fully saturated rings. The highest BCUT2D eigenvalue weighted by atomic mass is 16.2. The van der Waals surface area contributed by atoms with Gasteiger partial charge in [-0.15, -0.1) is 0 Å². The maximum absolute atomic E-state index is 13.6. The molecule has 3 aliphatic heterocycles. The molecule has 2 aromatic carbocycles. The van der Waals surface area contributed by atoms with E-state index in [1.54, 1.807) is 11.8 Å². The normalized spacial score (nSPS) is 25.1. The Kier molecular flexibility index (Phi) is 5.10. The molecule has 1 N–H and O–H groups in total. The Morgan fingerprint density at radius 3 is 2.55 bits per heavy atom. The number of quaternary nitrogens is 1. The minimum atomic E-state index is 0.163. The number of rotatable bonds is 2. The minimum absolute atomic E-state index is 0.163. The third-order valence-electron chi connectivity index (χ3n) is 8.32. The largest absolute Gasteiger partial charge is 0.342 e. The van der Waals surface area contributed by atoms with Crippen molar-refractivity contribution >= 4 is 16.7 Å². The lowest BCUT2D eigenvalue weighted by Gasteiger charge is -2.45. The summed E-state index contributed by atoms with van der Waals surface area (Å²) in [4.78, 5) is 29.0. The molecule has 3 aromatic rings. The smallest absolute Gasteiger partial charge is 0.258 e. The van der Waals surface area contributed by atoms with Gasteiger partial charge in [-0.25, -0.2) is 0 Å². The topological polar surface area (TPSA) is 46.8 Å². The van der Waals surface area contributed by atoms with Crippen molar-refractivity contribution in [3.05, 3.63) is 70.6 Å². The zero-order chi connectivity index (χ0) is 22.5. The van der Waals surface area contributed by atoms with Crippen LogP contribution in [0.3, 0.4) is 0 Å². The molecule has 3 aliphatic rings. The van der Waals surface area contributed by atoms with Crippen molar-refractivity contribution in [1.29, 1.82) is 0 Å². The summed E-state index contributed by atoms with van der Waals surface area (Å²) >= 11 is 0. The molecule has 5 nitrogen and oxygen atoms in total. The summed E-state index contributed by atoms with van der Waals surface area (Å²) in [5.41, 5.74) is 3.20. The molecule has 1 aromatic heterocycles. The van der Waals surface area contributed by atoms with Crippen LogP contribution in [0.2, 0.25) is 0 Å². The third kappa shape index (κ3) is 3.68. The van der Waals surface area contributed by atoms with Gasteiger partial charge in [0.1, 0.15) is 0 Å². The summed E-state index contributed by atoms with van der Waals surface area (Å²) < 4.78 is 2.08. The Labute approximate surface area is 194 Å². The number of nitrogens with zero attached hydrogens (tertiary/aromatic N) is 2. The van der Waals surface area contributed by atoms with Crippen LogP contribution in [-0.2, 0) is 11.3 Å². The van der Waals surface area contributed by atoms with Gasteiger partial charge in [0.15, 0.2) is 0 Å². The molecule has 33 heavy (non-hydrogen) atoms. The second-order valence-corrected chi connectivity index (χ2v) is 10.3. The van der Waals surface area contributed by atoms with Gasteiger partial charge in [-0.3, -0.25) is 9.59 Å². The molecule has 3 atom stereocenters. The number of hydrogen-bond acceptors (Lipinski definition) is 2. The van der Waals surface area contributed by atoms with E-state index in [1.165, 1.54) is 22.9 Å². The van der Waals surface area contributed by atoms with Gasteiger partial charge in [0.05, 0.1) is 19.1 Å². The van der Waals surface area contributed by atoms with Crippen LogP contribution in [0.4, 0.5) is 0 Å². The molecule has 0 radical (unpaired) electrons. The van der Waals surface area contributed by atoms with Crippen LogP contribution in [-0.4, -0.2) is 47.6 Å². The number of carbonyl (C=O) groups excluding carboxylic acids is 1. The van der Waals surface area contributed by atoms with E-state index in [9.17, 15) is 9.59 Å². The van der Waals surface area contributed by atoms with E-state index >= 15 is 0 Å². The van der Waals surface area contributed by atoms with Crippen LogP contribution in [0.25, 0.3) is 21.9 Å². The number of benzene rings is 2. The van der Waals surface area contributed by atoms with E-state index in [-0.39, 0.29) is 11.5 Å². The Hall–Kier alpha value is -2.92. The van der Waals surface area contributed by atoms with Crippen molar-refractivity contribution in [2.24, 2.45) is 5.92 Å². The van der Waals surface area contributed by atoms with Crippen molar-refractivity contribution in [3.8, 4) is 11.1 Å². The van der Waals surface area contributed by atoms with Gasteiger partial charge in [0, 0.05) is 62.5 Å². The van der Waals surface area contributed by atoms with Crippen LogP contribution >= 0.6 is 0 Å². The lowest BCUT2D eigenvalue weighted by atomic mass is 9.81. The fraction of sp³-hybridized carbons (Fsp3) is 0.429. The first-order valence-electron chi connectivity index (χ1n) is 12.4. The molecule has 0 saturated carbocycles. The molecular formula is C28H32N3O2+. The van der Waals surface area contributed by atoms with Gasteiger partial charge in [-0.2, -0.15) is 0 Å². The molecular weight excluding hydrogens is 410 g/mol. The van der Waals surface area contributed by atoms with E-state index in [2.05, 4.69) is 47.0 Å². The predicted octanol–water partition coefficient (Wildman–Crippen LogP) is 2.68. The van der Waals surface area contributed by atoms with Crippen molar-refractivity contribution in [1.82, 2.24) is 9.47 Å². The summed E-state index contributed by atoms with van der Waals surface area (Å²) in [6, 6.07) is 19.6. The number of carbonyl (C=O) groups is 1. The highest BCUT2D eigenvalue weighted by Gasteiger charge is 2.41. The second-order valence-electron chi connectivity index (χ2n) is 10.3. The maximum Gasteiger partial charge on any atom is 0.258 e. The number of amides is 1. The number of aromatic nitrogens is 1. The molecule has 1 unspecified atom stereocenters. The van der Waals surface area contributed by atoms with Crippen molar-refractivity contribution in [2.45, 2.75) is 44.7 Å². The summed E-state index contributed by atoms with van der Waals surface area (Å²) in [6.45, 7) is 6.55. The van der Waals surface area contributed by atoms with Gasteiger partial charge in [-0.05, 0) is 41.0 Å². The Bertz CT molecular complexity index is 1270. The fourth-order valence-corrected chi connectivity index (χ4v) is 6.61. The van der Waals surface area contributed by atoms with Gasteiger partial charge in [0.25, 0.3) is 5.56 Å². The molecule has 4 heterocycles. The molecule has 0 aliphatic carbocycles. The average molecular weight is 443 g/mol. The lowest BCUT2D eigenvalue weighted by molar-refractivity contribution is -0.937. The Balaban J connectivity index is 1.26. The predicted molar refractivity (Wildman–Crippen MR) is 130 cm³/mol. The summed E-state index contributed by atoms with van der Waals surface area (Å²) in [6.07, 6.45) is 3.40. The van der Waals surface area contributed by atoms with Crippen LogP contribution < -0.4 is 10.5 Å². The zero-order valence-electron chi connectivity index (χ0n) is 19.3. The van der Waals surface area contributed by atoms with Crippen molar-refractivity contribution < 1.29 is 9.69 Å². The second kappa shape index (κ2) is 8.14. The Morgan fingerprint density at radius 2 is 1.76 bits per heavy atom. The number of fused-ring (bicyclic) bond motifs is 5. The van der Waals surface area contributed by atoms with Crippen LogP contribution in [0.15, 0.2) is 59.4 Å². The number of likely N-dealkylation sites (tertiary alicyclic amines) is 2. The monoisotopic (exact) mass is 442 g/mol. The fourth-order valence-electron chi connectivity index (χ4n) is 6.61. The summed E-state index contributed by atoms with van der Waals surface area (Å²) in [5.74, 6) is 1.22. The van der Waals surface area contributed by atoms with Crippen LogP contribution in [0, 0.1) is 5.92 Å². The molecule has 1 amide bonds. The lowest BCUT2D eigenvalue weighted by Crippen LogP contribution is -3.18. The van der Waals surface area contributed by atoms with E-state index in [1.807, 2.05) is 17.0 Å². The highest BCUT2D eigenvalue weighted by Crippen LogP contribution is 2.32. The Morgan fingerprint density at radius 1 is 0.970 bits per heavy atom. The van der Waals surface area contributed by atoms with Gasteiger partial charge >= 0.3 is 0 Å². The van der Waals surface area contributed by atoms with E-state index < -0.39 is 0 Å². The molecule has 2 bridgehead atoms. The quantitative estimate of drug-likeness (QED) is 0.663. The maximum atomic E-state index is 13.6. The van der Waals surface area contributed by atoms with Gasteiger partial charge in [-0.1, -0.05) is 36.4 Å². The number of piperidine rings is 2. The van der Waals surface area contributed by atoms with Crippen LogP contribution in [0.1, 0.15) is 37.8 Å². The number of nitrogens with one attached hydrogen (secondary N) is 1. The average Bonchev–Trinajstić information content (AvgIpc) is 2.84. The van der Waals surface area contributed by atoms with Crippen molar-refractivity contribution in [3.63, 3.8) is 0 Å². The van der Waals surface area contributed by atoms with Crippen LogP contribution in [0.5, 0.6) is 0 Å². The molecule has 5 heteroatoms. The first-order valence-corrected chi connectivity index (χ1v) is 12.4. The first-order chi connectivity index (χ1) is 16.1. The summed E-state index contributed by atoms with van der Waals surface area (Å²) in [5, 5.41) is 2.37. The number of hydrogen-bond donors (Lipinski definition) is 1. The van der Waals surface area contributed by atoms with E-state index in [4.69, 9.17) is 0 Å². The number of pyridine rings is 1. The van der Waals surface area contributed by atoms with Gasteiger partial charge in [0.2, 0.25) is 5.91 Å². The van der Waals surface area contributed by atoms with Crippen molar-refractivity contribution in [2.75, 3.05) is 26.2 Å². The standard InChI is InChI=1S/C28H31N3O2/c1-19(32)29-12-10-25(11-13-29)30-16-20-14-24(18-30)27-9-8-26(28(33)31(27)17-20)23-7-6-21-4-2-3-5-22(21)15-23/h2-9,15,20,24-25H,10-14,16-18H2,1H3/p+1/t20-,24+/m0/s1. The molecule has 6 rings (SSSR count). The third-order valence-corrected chi connectivity index (χ3v) is 8.32. The highest BCUT2D eigenvalue weighted by molar-refractivity contribution is 5.87. The summed E-state index contributed by atoms with van der Waals surface area (Å²) in [7, 11) is 0. The molecule has 0 spiro atoms. The zero-order valence-corrected chi connectivity index (χ0v) is 19.3. The molecule has 2 saturated heterocycles. The first kappa shape index (κ1) is 20.7. The van der Waals surface area contributed by atoms with E-state index in [0.29, 0.717) is 17.9 Å². The van der Waals surface area contributed by atoms with Gasteiger partial charge < -0.3 is 14.4 Å². The SMILES string of the molecule is CC(=O)N1CCC([NH+]2C[C@@H]3C[C@H](C2)c2ccc(-c4ccc5ccccc5c4)c(=O)n2C3)CC1. The molecule has 170 valence electrons. The minimum Gasteiger partial charge on any atom is -0.342 e.